The van der Waals surface area contributed by atoms with Crippen LogP contribution in [0.1, 0.15) is 105 Å². The molecule has 4 nitrogen and oxygen atoms in total. The number of rotatable bonds is 6. The molecule has 0 radical (unpaired) electrons. The van der Waals surface area contributed by atoms with Gasteiger partial charge in [0, 0.05) is 11.3 Å². The molecule has 184 valence electrons. The summed E-state index contributed by atoms with van der Waals surface area (Å²) in [5, 5.41) is 22.7. The van der Waals surface area contributed by atoms with Crippen molar-refractivity contribution in [3.63, 3.8) is 0 Å². The van der Waals surface area contributed by atoms with E-state index in [0.717, 1.165) is 37.0 Å². The topological polar surface area (TPSA) is 63.4 Å². The fourth-order valence-electron chi connectivity index (χ4n) is 9.49. The van der Waals surface area contributed by atoms with E-state index in [9.17, 15) is 15.2 Å². The molecule has 0 heterocycles. The number of hydrogen-bond donors (Lipinski definition) is 1. The van der Waals surface area contributed by atoms with Gasteiger partial charge in [0.1, 0.15) is 4.87 Å². The highest BCUT2D eigenvalue weighted by atomic mass is 35.5. The average Bonchev–Trinajstić information content (AvgIpc) is 3.05. The SMILES string of the molecule is CC(C)CCC[C@@H](C)C1CCC2C3CC([N+](=O)[O-])[C@@]4(Cl)CC(O)CCC4(C)C3CCC21C. The fraction of sp³-hybridized carbons (Fsp3) is 1.00. The molecule has 8 unspecified atom stereocenters. The minimum absolute atomic E-state index is 0.0908. The number of nitrogens with zero attached hydrogens (tertiary/aromatic N) is 1. The van der Waals surface area contributed by atoms with Crippen molar-refractivity contribution in [1.29, 1.82) is 0 Å². The molecule has 4 saturated carbocycles. The number of halogens is 1. The lowest BCUT2D eigenvalue weighted by atomic mass is 9.43. The van der Waals surface area contributed by atoms with Crippen LogP contribution in [0.15, 0.2) is 0 Å². The fourth-order valence-corrected chi connectivity index (χ4v) is 10.1. The van der Waals surface area contributed by atoms with E-state index in [2.05, 4.69) is 34.6 Å². The van der Waals surface area contributed by atoms with Gasteiger partial charge in [-0.3, -0.25) is 10.1 Å². The zero-order valence-corrected chi connectivity index (χ0v) is 21.7. The van der Waals surface area contributed by atoms with Gasteiger partial charge in [-0.2, -0.15) is 0 Å². The summed E-state index contributed by atoms with van der Waals surface area (Å²) in [5.74, 6) is 3.71. The predicted molar refractivity (Wildman–Crippen MR) is 130 cm³/mol. The number of nitro groups is 1. The van der Waals surface area contributed by atoms with Crippen molar-refractivity contribution in [3.05, 3.63) is 10.1 Å². The highest BCUT2D eigenvalue weighted by Gasteiger charge is 2.70. The Balaban J connectivity index is 1.59. The predicted octanol–water partition coefficient (Wildman–Crippen LogP) is 7.09. The van der Waals surface area contributed by atoms with E-state index in [-0.39, 0.29) is 10.3 Å². The molecule has 1 N–H and O–H groups in total. The van der Waals surface area contributed by atoms with Gasteiger partial charge in [0.2, 0.25) is 6.04 Å². The molecule has 0 aliphatic heterocycles. The summed E-state index contributed by atoms with van der Waals surface area (Å²) in [6.45, 7) is 11.9. The van der Waals surface area contributed by atoms with Gasteiger partial charge in [-0.05, 0) is 91.3 Å². The van der Waals surface area contributed by atoms with E-state index >= 15 is 0 Å². The lowest BCUT2D eigenvalue weighted by molar-refractivity contribution is -0.543. The Labute approximate surface area is 200 Å². The Hall–Kier alpha value is -0.350. The average molecular weight is 468 g/mol. The number of hydrogen-bond acceptors (Lipinski definition) is 3. The maximum Gasteiger partial charge on any atom is 0.232 e. The van der Waals surface area contributed by atoms with Crippen LogP contribution in [0.2, 0.25) is 0 Å². The lowest BCUT2D eigenvalue weighted by Crippen LogP contribution is -2.67. The van der Waals surface area contributed by atoms with Crippen LogP contribution in [0, 0.1) is 56.5 Å². The Morgan fingerprint density at radius 1 is 1.06 bits per heavy atom. The zero-order valence-electron chi connectivity index (χ0n) is 21.0. The van der Waals surface area contributed by atoms with Gasteiger partial charge in [0.15, 0.2) is 0 Å². The van der Waals surface area contributed by atoms with Gasteiger partial charge in [0.25, 0.3) is 0 Å². The molecule has 10 atom stereocenters. The largest absolute Gasteiger partial charge is 0.393 e. The molecular formula is C27H46ClNO3. The molecule has 0 aromatic rings. The maximum atomic E-state index is 12.3. The first-order valence-corrected chi connectivity index (χ1v) is 13.8. The number of fused-ring (bicyclic) bond motifs is 5. The Morgan fingerprint density at radius 3 is 2.44 bits per heavy atom. The second-order valence-corrected chi connectivity index (χ2v) is 13.8. The zero-order chi connectivity index (χ0) is 23.5. The maximum absolute atomic E-state index is 12.3. The summed E-state index contributed by atoms with van der Waals surface area (Å²) in [5.41, 5.74) is 0.0627. The van der Waals surface area contributed by atoms with E-state index in [4.69, 9.17) is 11.6 Å². The molecular weight excluding hydrogens is 422 g/mol. The Kier molecular flexibility index (Phi) is 6.73. The van der Waals surface area contributed by atoms with Crippen molar-refractivity contribution in [2.75, 3.05) is 0 Å². The van der Waals surface area contributed by atoms with Crippen LogP contribution in [0.25, 0.3) is 0 Å². The van der Waals surface area contributed by atoms with Crippen LogP contribution >= 0.6 is 11.6 Å². The van der Waals surface area contributed by atoms with Crippen molar-refractivity contribution in [2.45, 2.75) is 122 Å². The molecule has 4 fully saturated rings. The van der Waals surface area contributed by atoms with E-state index in [1.807, 2.05) is 0 Å². The van der Waals surface area contributed by atoms with Crippen molar-refractivity contribution >= 4 is 11.6 Å². The van der Waals surface area contributed by atoms with Crippen molar-refractivity contribution < 1.29 is 10.0 Å². The van der Waals surface area contributed by atoms with Gasteiger partial charge >= 0.3 is 0 Å². The van der Waals surface area contributed by atoms with Crippen LogP contribution in [-0.2, 0) is 0 Å². The number of aliphatic hydroxyl groups excluding tert-OH is 1. The highest BCUT2D eigenvalue weighted by Crippen LogP contribution is 2.70. The quantitative estimate of drug-likeness (QED) is 0.257. The second kappa shape index (κ2) is 8.70. The molecule has 4 aliphatic rings. The Bertz CT molecular complexity index is 715. The molecule has 0 saturated heterocycles. The van der Waals surface area contributed by atoms with E-state index in [1.54, 1.807) is 0 Å². The Morgan fingerprint density at radius 2 is 1.78 bits per heavy atom. The summed E-state index contributed by atoms with van der Waals surface area (Å²) in [6.07, 6.45) is 10.9. The van der Waals surface area contributed by atoms with Crippen molar-refractivity contribution in [3.8, 4) is 0 Å². The number of aliphatic hydroxyl groups is 1. The van der Waals surface area contributed by atoms with Gasteiger partial charge in [-0.25, -0.2) is 0 Å². The monoisotopic (exact) mass is 467 g/mol. The van der Waals surface area contributed by atoms with Gasteiger partial charge in [-0.1, -0.05) is 53.9 Å². The third-order valence-electron chi connectivity index (χ3n) is 11.2. The van der Waals surface area contributed by atoms with E-state index in [1.165, 1.54) is 38.5 Å². The molecule has 0 amide bonds. The molecule has 0 bridgehead atoms. The van der Waals surface area contributed by atoms with Crippen LogP contribution in [0.5, 0.6) is 0 Å². The lowest BCUT2D eigenvalue weighted by Gasteiger charge is -2.63. The number of alkyl halides is 1. The minimum atomic E-state index is -0.911. The van der Waals surface area contributed by atoms with E-state index in [0.29, 0.717) is 36.0 Å². The molecule has 4 aliphatic carbocycles. The van der Waals surface area contributed by atoms with Crippen LogP contribution in [0.4, 0.5) is 0 Å². The van der Waals surface area contributed by atoms with Crippen molar-refractivity contribution in [2.24, 2.45) is 46.3 Å². The van der Waals surface area contributed by atoms with Gasteiger partial charge < -0.3 is 5.11 Å². The molecule has 0 spiro atoms. The first-order valence-electron chi connectivity index (χ1n) is 13.4. The van der Waals surface area contributed by atoms with Crippen LogP contribution < -0.4 is 0 Å². The summed E-state index contributed by atoms with van der Waals surface area (Å²) in [4.78, 5) is 11.3. The molecule has 0 aromatic heterocycles. The normalized spacial score (nSPS) is 49.2. The minimum Gasteiger partial charge on any atom is -0.393 e. The second-order valence-electron chi connectivity index (χ2n) is 13.1. The first-order chi connectivity index (χ1) is 14.9. The van der Waals surface area contributed by atoms with Gasteiger partial charge in [-0.15, -0.1) is 11.6 Å². The third-order valence-corrected chi connectivity index (χ3v) is 12.1. The molecule has 4 rings (SSSR count). The molecule has 5 heteroatoms. The summed E-state index contributed by atoms with van der Waals surface area (Å²) < 4.78 is 0. The summed E-state index contributed by atoms with van der Waals surface area (Å²) >= 11 is 7.23. The van der Waals surface area contributed by atoms with Crippen LogP contribution in [-0.4, -0.2) is 27.0 Å². The van der Waals surface area contributed by atoms with Gasteiger partial charge in [0.05, 0.1) is 6.10 Å². The third kappa shape index (κ3) is 3.74. The molecule has 32 heavy (non-hydrogen) atoms. The standard InChI is InChI=1S/C27H46ClNO3/c1-17(2)7-6-8-18(3)21-9-10-22-20-15-24(29(31)32)27(28)16-19(30)11-14-26(27,5)23(20)12-13-25(21,22)4/h17-24,30H,6-16H2,1-5H3/t18-,19?,20?,21?,22?,23?,24?,25?,26?,27+/m1/s1. The van der Waals surface area contributed by atoms with E-state index < -0.39 is 17.0 Å². The highest BCUT2D eigenvalue weighted by molar-refractivity contribution is 6.25. The summed E-state index contributed by atoms with van der Waals surface area (Å²) in [7, 11) is 0. The summed E-state index contributed by atoms with van der Waals surface area (Å²) in [6, 6.07) is -0.741. The first kappa shape index (κ1) is 24.8. The molecule has 0 aromatic carbocycles. The van der Waals surface area contributed by atoms with Crippen LogP contribution in [0.3, 0.4) is 0 Å². The van der Waals surface area contributed by atoms with Crippen molar-refractivity contribution in [1.82, 2.24) is 0 Å². The smallest absolute Gasteiger partial charge is 0.232 e.